The Morgan fingerprint density at radius 1 is 1.30 bits per heavy atom. The first kappa shape index (κ1) is 16.8. The minimum absolute atomic E-state index is 0.00152. The van der Waals surface area contributed by atoms with E-state index in [1.807, 2.05) is 0 Å². The van der Waals surface area contributed by atoms with E-state index < -0.39 is 20.2 Å². The second-order valence-electron chi connectivity index (χ2n) is 4.44. The molecule has 4 nitrogen and oxygen atoms in total. The van der Waals surface area contributed by atoms with Gasteiger partial charge in [-0.2, -0.15) is 13.2 Å². The van der Waals surface area contributed by atoms with Crippen LogP contribution >= 0.6 is 0 Å². The quantitative estimate of drug-likeness (QED) is 0.847. The van der Waals surface area contributed by atoms with Crippen LogP contribution in [0, 0.1) is 5.92 Å². The lowest BCUT2D eigenvalue weighted by molar-refractivity contribution is -0.0435. The molecule has 8 heteroatoms. The third kappa shape index (κ3) is 3.86. The zero-order chi connectivity index (χ0) is 15.4. The maximum Gasteiger partial charge on any atom is 0.501 e. The molecular weight excluding hydrogens is 295 g/mol. The Kier molecular flexibility index (Phi) is 5.41. The monoisotopic (exact) mass is 311 g/mol. The predicted octanol–water partition coefficient (Wildman–Crippen LogP) is 2.41. The van der Waals surface area contributed by atoms with E-state index in [1.54, 1.807) is 6.92 Å². The van der Waals surface area contributed by atoms with Crippen LogP contribution in [0.25, 0.3) is 0 Å². The fraction of sp³-hybridized carbons (Fsp3) is 0.500. The lowest BCUT2D eigenvalue weighted by Gasteiger charge is -2.16. The molecule has 114 valence electrons. The van der Waals surface area contributed by atoms with E-state index in [-0.39, 0.29) is 24.8 Å². The first-order chi connectivity index (χ1) is 9.20. The van der Waals surface area contributed by atoms with Gasteiger partial charge in [-0.25, -0.2) is 8.42 Å². The van der Waals surface area contributed by atoms with Gasteiger partial charge in [-0.3, -0.25) is 0 Å². The van der Waals surface area contributed by atoms with Crippen molar-refractivity contribution in [1.29, 1.82) is 0 Å². The fourth-order valence-electron chi connectivity index (χ4n) is 1.58. The standard InChI is InChI=1S/C12H16F3NO3S/c1-9(6-7-17)8-16-10-4-2-3-5-11(10)20(18,19)12(13,14)15/h2-5,9,16-17H,6-8H2,1H3. The number of alkyl halides is 3. The number of rotatable bonds is 6. The summed E-state index contributed by atoms with van der Waals surface area (Å²) in [4.78, 5) is -0.788. The van der Waals surface area contributed by atoms with Crippen LogP contribution in [-0.4, -0.2) is 32.2 Å². The Bertz CT molecular complexity index is 543. The number of aliphatic hydroxyl groups is 1. The van der Waals surface area contributed by atoms with E-state index in [0.717, 1.165) is 6.07 Å². The maximum absolute atomic E-state index is 12.6. The largest absolute Gasteiger partial charge is 0.501 e. The molecule has 0 amide bonds. The average Bonchev–Trinajstić information content (AvgIpc) is 2.35. The number of sulfone groups is 1. The Morgan fingerprint density at radius 3 is 2.45 bits per heavy atom. The molecule has 0 heterocycles. The van der Waals surface area contributed by atoms with Crippen LogP contribution in [0.15, 0.2) is 29.2 Å². The number of hydrogen-bond donors (Lipinski definition) is 2. The van der Waals surface area contributed by atoms with Crippen LogP contribution in [0.3, 0.4) is 0 Å². The van der Waals surface area contributed by atoms with Crippen molar-refractivity contribution in [2.24, 2.45) is 5.92 Å². The first-order valence-corrected chi connectivity index (χ1v) is 7.43. The van der Waals surface area contributed by atoms with Gasteiger partial charge in [-0.05, 0) is 24.5 Å². The van der Waals surface area contributed by atoms with Crippen LogP contribution in [0.5, 0.6) is 0 Å². The van der Waals surface area contributed by atoms with Crippen molar-refractivity contribution in [1.82, 2.24) is 0 Å². The SMILES string of the molecule is CC(CCO)CNc1ccccc1S(=O)(=O)C(F)(F)F. The van der Waals surface area contributed by atoms with Gasteiger partial charge >= 0.3 is 5.51 Å². The molecule has 0 radical (unpaired) electrons. The van der Waals surface area contributed by atoms with Gasteiger partial charge in [-0.15, -0.1) is 0 Å². The smallest absolute Gasteiger partial charge is 0.396 e. The second-order valence-corrected chi connectivity index (χ2v) is 6.35. The van der Waals surface area contributed by atoms with Gasteiger partial charge in [0.15, 0.2) is 0 Å². The molecule has 1 unspecified atom stereocenters. The molecule has 20 heavy (non-hydrogen) atoms. The summed E-state index contributed by atoms with van der Waals surface area (Å²) >= 11 is 0. The molecule has 1 aromatic carbocycles. The number of halogens is 3. The second kappa shape index (κ2) is 6.45. The molecule has 1 atom stereocenters. The van der Waals surface area contributed by atoms with Crippen LogP contribution < -0.4 is 5.32 Å². The molecule has 0 aliphatic rings. The highest BCUT2D eigenvalue weighted by atomic mass is 32.2. The van der Waals surface area contributed by atoms with Crippen LogP contribution in [-0.2, 0) is 9.84 Å². The summed E-state index contributed by atoms with van der Waals surface area (Å²) in [5.74, 6) is 0.00152. The van der Waals surface area contributed by atoms with E-state index in [1.165, 1.54) is 18.2 Å². The first-order valence-electron chi connectivity index (χ1n) is 5.95. The van der Waals surface area contributed by atoms with Crippen LogP contribution in [0.4, 0.5) is 18.9 Å². The Balaban J connectivity index is 3.01. The molecule has 0 saturated carbocycles. The highest BCUT2D eigenvalue weighted by Crippen LogP contribution is 2.34. The topological polar surface area (TPSA) is 66.4 Å². The van der Waals surface area contributed by atoms with Crippen molar-refractivity contribution >= 4 is 15.5 Å². The molecule has 1 rings (SSSR count). The van der Waals surface area contributed by atoms with Crippen molar-refractivity contribution in [3.63, 3.8) is 0 Å². The third-order valence-electron chi connectivity index (χ3n) is 2.74. The Morgan fingerprint density at radius 2 is 1.90 bits per heavy atom. The van der Waals surface area contributed by atoms with Gasteiger partial charge in [0.05, 0.1) is 10.6 Å². The highest BCUT2D eigenvalue weighted by molar-refractivity contribution is 7.92. The molecule has 0 aliphatic heterocycles. The Labute approximate surface area is 115 Å². The van der Waals surface area contributed by atoms with Crippen LogP contribution in [0.1, 0.15) is 13.3 Å². The minimum Gasteiger partial charge on any atom is -0.396 e. The number of nitrogens with one attached hydrogen (secondary N) is 1. The molecule has 0 aromatic heterocycles. The van der Waals surface area contributed by atoms with Crippen LogP contribution in [0.2, 0.25) is 0 Å². The molecular formula is C12H16F3NO3S. The molecule has 2 N–H and O–H groups in total. The molecule has 0 spiro atoms. The summed E-state index contributed by atoms with van der Waals surface area (Å²) in [6.45, 7) is 2.03. The van der Waals surface area contributed by atoms with Gasteiger partial charge in [-0.1, -0.05) is 19.1 Å². The summed E-state index contributed by atoms with van der Waals surface area (Å²) in [6, 6.07) is 4.89. The molecule has 0 saturated heterocycles. The lowest BCUT2D eigenvalue weighted by atomic mass is 10.1. The maximum atomic E-state index is 12.6. The van der Waals surface area contributed by atoms with Crippen molar-refractivity contribution in [2.45, 2.75) is 23.7 Å². The average molecular weight is 311 g/mol. The van der Waals surface area contributed by atoms with E-state index in [9.17, 15) is 21.6 Å². The van der Waals surface area contributed by atoms with Gasteiger partial charge in [0.1, 0.15) is 0 Å². The van der Waals surface area contributed by atoms with Gasteiger partial charge in [0.2, 0.25) is 0 Å². The normalized spacial score (nSPS) is 14.1. The predicted molar refractivity (Wildman–Crippen MR) is 69.0 cm³/mol. The lowest BCUT2D eigenvalue weighted by Crippen LogP contribution is -2.25. The van der Waals surface area contributed by atoms with Gasteiger partial charge in [0.25, 0.3) is 9.84 Å². The van der Waals surface area contributed by atoms with E-state index >= 15 is 0 Å². The van der Waals surface area contributed by atoms with Gasteiger partial charge < -0.3 is 10.4 Å². The van der Waals surface area contributed by atoms with E-state index in [4.69, 9.17) is 5.11 Å². The molecule has 0 aliphatic carbocycles. The van der Waals surface area contributed by atoms with Gasteiger partial charge in [0, 0.05) is 13.2 Å². The summed E-state index contributed by atoms with van der Waals surface area (Å²) in [5.41, 5.74) is -5.42. The Hall–Kier alpha value is -1.28. The summed E-state index contributed by atoms with van der Waals surface area (Å²) in [5, 5.41) is 11.4. The van der Waals surface area contributed by atoms with Crippen molar-refractivity contribution < 1.29 is 26.7 Å². The molecule has 0 bridgehead atoms. The minimum atomic E-state index is -5.38. The number of aliphatic hydroxyl groups excluding tert-OH is 1. The zero-order valence-electron chi connectivity index (χ0n) is 10.8. The van der Waals surface area contributed by atoms with Crippen molar-refractivity contribution in [2.75, 3.05) is 18.5 Å². The highest BCUT2D eigenvalue weighted by Gasteiger charge is 2.47. The fourth-order valence-corrected chi connectivity index (χ4v) is 2.52. The summed E-state index contributed by atoms with van der Waals surface area (Å²) in [7, 11) is -5.38. The zero-order valence-corrected chi connectivity index (χ0v) is 11.6. The van der Waals surface area contributed by atoms with E-state index in [2.05, 4.69) is 5.32 Å². The number of para-hydroxylation sites is 1. The number of hydrogen-bond acceptors (Lipinski definition) is 4. The number of benzene rings is 1. The number of anilines is 1. The van der Waals surface area contributed by atoms with Crippen molar-refractivity contribution in [3.8, 4) is 0 Å². The summed E-state index contributed by atoms with van der Waals surface area (Å²) < 4.78 is 60.6. The van der Waals surface area contributed by atoms with Crippen molar-refractivity contribution in [3.05, 3.63) is 24.3 Å². The molecule has 0 fully saturated rings. The summed E-state index contributed by atoms with van der Waals surface area (Å²) in [6.07, 6.45) is 0.473. The third-order valence-corrected chi connectivity index (χ3v) is 4.29. The van der Waals surface area contributed by atoms with E-state index in [0.29, 0.717) is 6.42 Å². The molecule has 1 aromatic rings.